The van der Waals surface area contributed by atoms with Crippen molar-refractivity contribution in [2.45, 2.75) is 19.1 Å². The smallest absolute Gasteiger partial charge is 0.0667 e. The van der Waals surface area contributed by atoms with E-state index < -0.39 is 0 Å². The van der Waals surface area contributed by atoms with E-state index in [4.69, 9.17) is 22.1 Å². The van der Waals surface area contributed by atoms with Gasteiger partial charge in [0.2, 0.25) is 0 Å². The molecule has 1 aromatic carbocycles. The maximum Gasteiger partial charge on any atom is 0.0667 e. The van der Waals surface area contributed by atoms with Crippen LogP contribution in [0.25, 0.3) is 0 Å². The highest BCUT2D eigenvalue weighted by Gasteiger charge is 2.06. The summed E-state index contributed by atoms with van der Waals surface area (Å²) in [6.45, 7) is 3.52. The number of rotatable bonds is 6. The topological polar surface area (TPSA) is 47.3 Å². The largest absolute Gasteiger partial charge is 0.380 e. The third kappa shape index (κ3) is 4.49. The third-order valence-corrected chi connectivity index (χ3v) is 2.71. The number of hydrogen-bond donors (Lipinski definition) is 2. The van der Waals surface area contributed by atoms with Gasteiger partial charge in [0.1, 0.15) is 0 Å². The Morgan fingerprint density at radius 1 is 1.44 bits per heavy atom. The third-order valence-electron chi connectivity index (χ3n) is 2.48. The summed E-state index contributed by atoms with van der Waals surface area (Å²) < 4.78 is 5.13. The summed E-state index contributed by atoms with van der Waals surface area (Å²) in [6, 6.07) is 7.60. The minimum Gasteiger partial charge on any atom is -0.380 e. The highest BCUT2D eigenvalue weighted by Crippen LogP contribution is 2.15. The molecule has 2 atom stereocenters. The summed E-state index contributed by atoms with van der Waals surface area (Å²) >= 11 is 5.90. The molecule has 1 aromatic rings. The molecule has 4 heteroatoms. The first kappa shape index (κ1) is 13.5. The van der Waals surface area contributed by atoms with Crippen molar-refractivity contribution in [2.24, 2.45) is 5.73 Å². The normalized spacial score (nSPS) is 14.8. The number of methoxy groups -OCH3 is 1. The number of benzene rings is 1. The number of nitrogens with one attached hydrogen (secondary N) is 1. The molecule has 0 radical (unpaired) electrons. The average Bonchev–Trinajstić information content (AvgIpc) is 2.28. The Labute approximate surface area is 102 Å². The minimum absolute atomic E-state index is 0.0391. The number of hydrogen-bond acceptors (Lipinski definition) is 3. The van der Waals surface area contributed by atoms with Gasteiger partial charge in [-0.3, -0.25) is 0 Å². The van der Waals surface area contributed by atoms with Crippen LogP contribution in [0.1, 0.15) is 18.5 Å². The van der Waals surface area contributed by atoms with Gasteiger partial charge in [0.25, 0.3) is 0 Å². The lowest BCUT2D eigenvalue weighted by molar-refractivity contribution is 0.117. The molecule has 0 aromatic heterocycles. The predicted octanol–water partition coefficient (Wildman–Crippen LogP) is 1.96. The molecular weight excluding hydrogens is 224 g/mol. The fraction of sp³-hybridized carbons (Fsp3) is 0.500. The summed E-state index contributed by atoms with van der Waals surface area (Å²) in [5.74, 6) is 0. The fourth-order valence-corrected chi connectivity index (χ4v) is 1.58. The maximum atomic E-state index is 6.03. The molecule has 16 heavy (non-hydrogen) atoms. The summed E-state index contributed by atoms with van der Waals surface area (Å²) in [6.07, 6.45) is 0.201. The van der Waals surface area contributed by atoms with Crippen LogP contribution in [0.15, 0.2) is 24.3 Å². The highest BCUT2D eigenvalue weighted by molar-refractivity contribution is 6.30. The van der Waals surface area contributed by atoms with Crippen molar-refractivity contribution < 1.29 is 4.74 Å². The standard InChI is InChI=1S/C12H19ClN2O/c1-9(16-2)7-15-8-12(14)10-4-3-5-11(13)6-10/h3-6,9,12,15H,7-8,14H2,1-2H3. The molecule has 0 bridgehead atoms. The van der Waals surface area contributed by atoms with E-state index in [0.717, 1.165) is 17.1 Å². The SMILES string of the molecule is COC(C)CNCC(N)c1cccc(Cl)c1. The van der Waals surface area contributed by atoms with Crippen molar-refractivity contribution in [1.82, 2.24) is 5.32 Å². The van der Waals surface area contributed by atoms with Crippen LogP contribution in [-0.4, -0.2) is 26.3 Å². The quantitative estimate of drug-likeness (QED) is 0.802. The maximum absolute atomic E-state index is 6.03. The first-order valence-corrected chi connectivity index (χ1v) is 5.76. The van der Waals surface area contributed by atoms with Gasteiger partial charge < -0.3 is 15.8 Å². The van der Waals surface area contributed by atoms with Crippen LogP contribution in [0, 0.1) is 0 Å². The van der Waals surface area contributed by atoms with E-state index >= 15 is 0 Å². The number of ether oxygens (including phenoxy) is 1. The molecule has 0 heterocycles. The number of nitrogens with two attached hydrogens (primary N) is 1. The van der Waals surface area contributed by atoms with Gasteiger partial charge in [0.15, 0.2) is 0 Å². The molecule has 0 fully saturated rings. The van der Waals surface area contributed by atoms with Crippen LogP contribution in [0.3, 0.4) is 0 Å². The van der Waals surface area contributed by atoms with E-state index in [1.807, 2.05) is 31.2 Å². The minimum atomic E-state index is -0.0391. The lowest BCUT2D eigenvalue weighted by Gasteiger charge is -2.15. The van der Waals surface area contributed by atoms with Crippen molar-refractivity contribution >= 4 is 11.6 Å². The lowest BCUT2D eigenvalue weighted by Crippen LogP contribution is -2.32. The van der Waals surface area contributed by atoms with Crippen molar-refractivity contribution in [2.75, 3.05) is 20.2 Å². The second-order valence-electron chi connectivity index (χ2n) is 3.87. The summed E-state index contributed by atoms with van der Waals surface area (Å²) in [4.78, 5) is 0. The number of halogens is 1. The van der Waals surface area contributed by atoms with Gasteiger partial charge in [0.05, 0.1) is 6.10 Å². The molecule has 0 aliphatic carbocycles. The molecular formula is C12H19ClN2O. The molecule has 0 saturated carbocycles. The molecule has 3 nitrogen and oxygen atoms in total. The molecule has 0 saturated heterocycles. The second-order valence-corrected chi connectivity index (χ2v) is 4.30. The zero-order chi connectivity index (χ0) is 12.0. The fourth-order valence-electron chi connectivity index (χ4n) is 1.38. The van der Waals surface area contributed by atoms with Crippen LogP contribution in [0.5, 0.6) is 0 Å². The molecule has 1 rings (SSSR count). The van der Waals surface area contributed by atoms with Gasteiger partial charge >= 0.3 is 0 Å². The summed E-state index contributed by atoms with van der Waals surface area (Å²) in [5.41, 5.74) is 7.08. The van der Waals surface area contributed by atoms with Crippen LogP contribution < -0.4 is 11.1 Å². The Morgan fingerprint density at radius 3 is 2.81 bits per heavy atom. The van der Waals surface area contributed by atoms with Crippen LogP contribution in [0.4, 0.5) is 0 Å². The Balaban J connectivity index is 2.38. The van der Waals surface area contributed by atoms with Gasteiger partial charge in [-0.25, -0.2) is 0 Å². The van der Waals surface area contributed by atoms with E-state index in [9.17, 15) is 0 Å². The van der Waals surface area contributed by atoms with E-state index in [1.54, 1.807) is 7.11 Å². The van der Waals surface area contributed by atoms with Gasteiger partial charge in [0, 0.05) is 31.3 Å². The van der Waals surface area contributed by atoms with Crippen LogP contribution in [0.2, 0.25) is 5.02 Å². The van der Waals surface area contributed by atoms with Gasteiger partial charge in [-0.15, -0.1) is 0 Å². The van der Waals surface area contributed by atoms with Crippen molar-refractivity contribution in [3.8, 4) is 0 Å². The molecule has 90 valence electrons. The first-order valence-electron chi connectivity index (χ1n) is 5.38. The molecule has 0 aliphatic heterocycles. The predicted molar refractivity (Wildman–Crippen MR) is 67.7 cm³/mol. The Hall–Kier alpha value is -0.610. The monoisotopic (exact) mass is 242 g/mol. The molecule has 0 aliphatic rings. The van der Waals surface area contributed by atoms with E-state index in [-0.39, 0.29) is 12.1 Å². The second kappa shape index (κ2) is 6.86. The van der Waals surface area contributed by atoms with E-state index in [2.05, 4.69) is 5.32 Å². The lowest BCUT2D eigenvalue weighted by atomic mass is 10.1. The zero-order valence-corrected chi connectivity index (χ0v) is 10.5. The zero-order valence-electron chi connectivity index (χ0n) is 9.74. The van der Waals surface area contributed by atoms with Crippen molar-refractivity contribution in [1.29, 1.82) is 0 Å². The molecule has 0 spiro atoms. The van der Waals surface area contributed by atoms with E-state index in [1.165, 1.54) is 0 Å². The Morgan fingerprint density at radius 2 is 2.19 bits per heavy atom. The van der Waals surface area contributed by atoms with Crippen molar-refractivity contribution in [3.05, 3.63) is 34.9 Å². The Bertz CT molecular complexity index is 320. The van der Waals surface area contributed by atoms with Crippen LogP contribution >= 0.6 is 11.6 Å². The van der Waals surface area contributed by atoms with Gasteiger partial charge in [-0.05, 0) is 24.6 Å². The first-order chi connectivity index (χ1) is 7.63. The van der Waals surface area contributed by atoms with Crippen LogP contribution in [-0.2, 0) is 4.74 Å². The molecule has 0 amide bonds. The molecule has 2 unspecified atom stereocenters. The Kier molecular flexibility index (Phi) is 5.77. The highest BCUT2D eigenvalue weighted by atomic mass is 35.5. The average molecular weight is 243 g/mol. The summed E-state index contributed by atoms with van der Waals surface area (Å²) in [7, 11) is 1.70. The van der Waals surface area contributed by atoms with E-state index in [0.29, 0.717) is 6.54 Å². The van der Waals surface area contributed by atoms with Crippen molar-refractivity contribution in [3.63, 3.8) is 0 Å². The van der Waals surface area contributed by atoms with Gasteiger partial charge in [-0.1, -0.05) is 23.7 Å². The van der Waals surface area contributed by atoms with Gasteiger partial charge in [-0.2, -0.15) is 0 Å². The summed E-state index contributed by atoms with van der Waals surface area (Å²) in [5, 5.41) is 3.98. The molecule has 3 N–H and O–H groups in total.